The molecule has 6 nitrogen and oxygen atoms in total. The minimum absolute atomic E-state index is 0.0122. The van der Waals surface area contributed by atoms with Gasteiger partial charge in [-0.05, 0) is 54.2 Å². The van der Waals surface area contributed by atoms with Gasteiger partial charge in [0.05, 0.1) is 19.9 Å². The average Bonchev–Trinajstić information content (AvgIpc) is 2.91. The minimum Gasteiger partial charge on any atom is -0.504 e. The lowest BCUT2D eigenvalue weighted by molar-refractivity contribution is -0.111. The number of carbonyl (C=O) groups is 1. The van der Waals surface area contributed by atoms with Crippen LogP contribution in [0.15, 0.2) is 45.9 Å². The Hall–Kier alpha value is -2.45. The maximum atomic E-state index is 12.8. The first-order chi connectivity index (χ1) is 12.4. The molecule has 2 aromatic rings. The topological polar surface area (TPSA) is 71.4 Å². The van der Waals surface area contributed by atoms with Gasteiger partial charge in [-0.3, -0.25) is 9.69 Å². The van der Waals surface area contributed by atoms with Gasteiger partial charge in [0.2, 0.25) is 5.11 Å². The largest absolute Gasteiger partial charge is 0.504 e. The first-order valence-electron chi connectivity index (χ1n) is 7.60. The molecule has 0 spiro atoms. The fourth-order valence-corrected chi connectivity index (χ4v) is 3.34. The maximum Gasteiger partial charge on any atom is 0.279 e. The van der Waals surface area contributed by atoms with Crippen molar-refractivity contribution in [3.63, 3.8) is 0 Å². The highest BCUT2D eigenvalue weighted by Gasteiger charge is 2.32. The van der Waals surface area contributed by atoms with E-state index in [0.29, 0.717) is 27.4 Å². The van der Waals surface area contributed by atoms with Gasteiger partial charge < -0.3 is 14.6 Å². The van der Waals surface area contributed by atoms with Gasteiger partial charge in [-0.25, -0.2) is 4.99 Å². The molecule has 1 N–H and O–H groups in total. The second-order valence-corrected chi connectivity index (χ2v) is 6.69. The standard InChI is InChI=1S/C18H15BrN2O4S/c1-24-12-5-3-11(4-6-12)21-17(23)14(20-18(21)26)7-10-8-16(25-2)15(22)9-13(10)19/h3-6,8-9,22H,7H2,1-2H3. The number of methoxy groups -OCH3 is 2. The number of nitrogens with zero attached hydrogens (tertiary/aromatic N) is 2. The van der Waals surface area contributed by atoms with E-state index in [4.69, 9.17) is 21.7 Å². The molecule has 0 saturated carbocycles. The number of hydrogen-bond acceptors (Lipinski definition) is 5. The first kappa shape index (κ1) is 18.3. The van der Waals surface area contributed by atoms with Crippen LogP contribution in [0.3, 0.4) is 0 Å². The summed E-state index contributed by atoms with van der Waals surface area (Å²) in [5.41, 5.74) is 1.70. The Morgan fingerprint density at radius 2 is 1.88 bits per heavy atom. The molecule has 0 radical (unpaired) electrons. The normalized spacial score (nSPS) is 13.8. The molecular formula is C18H15BrN2O4S. The third-order valence-electron chi connectivity index (χ3n) is 3.91. The quantitative estimate of drug-likeness (QED) is 0.729. The van der Waals surface area contributed by atoms with Crippen molar-refractivity contribution in [1.29, 1.82) is 0 Å². The number of benzene rings is 2. The number of ether oxygens (including phenoxy) is 2. The van der Waals surface area contributed by atoms with E-state index in [9.17, 15) is 9.90 Å². The molecule has 0 fully saturated rings. The van der Waals surface area contributed by atoms with Crippen molar-refractivity contribution < 1.29 is 19.4 Å². The fourth-order valence-electron chi connectivity index (χ4n) is 2.57. The molecule has 8 heteroatoms. The van der Waals surface area contributed by atoms with Crippen LogP contribution < -0.4 is 14.4 Å². The highest BCUT2D eigenvalue weighted by Crippen LogP contribution is 2.33. The summed E-state index contributed by atoms with van der Waals surface area (Å²) < 4.78 is 10.9. The second-order valence-electron chi connectivity index (χ2n) is 5.47. The Morgan fingerprint density at radius 3 is 2.50 bits per heavy atom. The molecule has 1 aliphatic heterocycles. The minimum atomic E-state index is -0.279. The van der Waals surface area contributed by atoms with Crippen LogP contribution in [0.2, 0.25) is 0 Å². The fraction of sp³-hybridized carbons (Fsp3) is 0.167. The smallest absolute Gasteiger partial charge is 0.279 e. The van der Waals surface area contributed by atoms with Crippen LogP contribution in [0.5, 0.6) is 17.2 Å². The number of rotatable bonds is 5. The predicted molar refractivity (Wildman–Crippen MR) is 107 cm³/mol. The summed E-state index contributed by atoms with van der Waals surface area (Å²) in [7, 11) is 3.04. The number of aromatic hydroxyl groups is 1. The van der Waals surface area contributed by atoms with Gasteiger partial charge in [0, 0.05) is 10.9 Å². The van der Waals surface area contributed by atoms with Crippen molar-refractivity contribution in [3.05, 3.63) is 46.4 Å². The van der Waals surface area contributed by atoms with E-state index in [1.165, 1.54) is 18.1 Å². The number of hydrogen-bond donors (Lipinski definition) is 1. The van der Waals surface area contributed by atoms with Crippen LogP contribution in [0, 0.1) is 0 Å². The zero-order chi connectivity index (χ0) is 18.8. The molecule has 1 heterocycles. The number of aliphatic imine (C=N–C) groups is 1. The predicted octanol–water partition coefficient (Wildman–Crippen LogP) is 3.49. The van der Waals surface area contributed by atoms with Gasteiger partial charge >= 0.3 is 0 Å². The van der Waals surface area contributed by atoms with Gasteiger partial charge in [-0.1, -0.05) is 15.9 Å². The molecule has 1 aliphatic rings. The van der Waals surface area contributed by atoms with E-state index in [-0.39, 0.29) is 23.2 Å². The Balaban J connectivity index is 1.85. The number of thiocarbonyl (C=S) groups is 1. The Bertz CT molecular complexity index is 912. The van der Waals surface area contributed by atoms with Crippen LogP contribution in [0.4, 0.5) is 5.69 Å². The summed E-state index contributed by atoms with van der Waals surface area (Å²) >= 11 is 8.65. The molecule has 26 heavy (non-hydrogen) atoms. The van der Waals surface area contributed by atoms with Crippen LogP contribution in [-0.2, 0) is 11.2 Å². The summed E-state index contributed by atoms with van der Waals surface area (Å²) in [5.74, 6) is 0.744. The van der Waals surface area contributed by atoms with Crippen molar-refractivity contribution in [2.24, 2.45) is 4.99 Å². The molecule has 134 valence electrons. The third kappa shape index (κ3) is 3.42. The van der Waals surface area contributed by atoms with E-state index in [0.717, 1.165) is 5.56 Å². The van der Waals surface area contributed by atoms with Crippen LogP contribution in [0.25, 0.3) is 0 Å². The van der Waals surface area contributed by atoms with Crippen molar-refractivity contribution in [2.45, 2.75) is 6.42 Å². The molecule has 0 saturated heterocycles. The Labute approximate surface area is 164 Å². The zero-order valence-corrected chi connectivity index (χ0v) is 16.4. The summed E-state index contributed by atoms with van der Waals surface area (Å²) in [4.78, 5) is 18.4. The van der Waals surface area contributed by atoms with Crippen molar-refractivity contribution in [1.82, 2.24) is 0 Å². The van der Waals surface area contributed by atoms with Gasteiger partial charge in [-0.2, -0.15) is 0 Å². The third-order valence-corrected chi connectivity index (χ3v) is 4.92. The Morgan fingerprint density at radius 1 is 1.19 bits per heavy atom. The van der Waals surface area contributed by atoms with Crippen LogP contribution in [0.1, 0.15) is 5.56 Å². The Kier molecular flexibility index (Phi) is 5.24. The summed E-state index contributed by atoms with van der Waals surface area (Å²) in [6, 6.07) is 10.2. The van der Waals surface area contributed by atoms with E-state index in [1.54, 1.807) is 37.4 Å². The van der Waals surface area contributed by atoms with Crippen LogP contribution in [-0.4, -0.2) is 36.1 Å². The molecule has 0 atom stereocenters. The van der Waals surface area contributed by atoms with E-state index in [2.05, 4.69) is 20.9 Å². The van der Waals surface area contributed by atoms with Gasteiger partial charge in [0.1, 0.15) is 11.5 Å². The molecule has 2 aromatic carbocycles. The molecular weight excluding hydrogens is 420 g/mol. The van der Waals surface area contributed by atoms with Gasteiger partial charge in [0.15, 0.2) is 11.5 Å². The monoisotopic (exact) mass is 434 g/mol. The maximum absolute atomic E-state index is 12.8. The number of amides is 1. The first-order valence-corrected chi connectivity index (χ1v) is 8.80. The number of phenols is 1. The molecule has 0 aromatic heterocycles. The summed E-state index contributed by atoms with van der Waals surface area (Å²) in [6.07, 6.45) is 0.253. The molecule has 0 unspecified atom stereocenters. The number of halogens is 1. The van der Waals surface area contributed by atoms with E-state index < -0.39 is 0 Å². The lowest BCUT2D eigenvalue weighted by Crippen LogP contribution is -2.33. The number of carbonyl (C=O) groups excluding carboxylic acids is 1. The number of phenolic OH excluding ortho intramolecular Hbond substituents is 1. The lowest BCUT2D eigenvalue weighted by Gasteiger charge is -2.15. The molecule has 0 bridgehead atoms. The average molecular weight is 435 g/mol. The lowest BCUT2D eigenvalue weighted by atomic mass is 10.1. The summed E-state index contributed by atoms with van der Waals surface area (Å²) in [5, 5.41) is 10.0. The SMILES string of the molecule is COc1ccc(N2C(=O)C(Cc3cc(OC)c(O)cc3Br)=NC2=S)cc1. The molecule has 0 aliphatic carbocycles. The highest BCUT2D eigenvalue weighted by atomic mass is 79.9. The van der Waals surface area contributed by atoms with E-state index >= 15 is 0 Å². The van der Waals surface area contributed by atoms with Crippen molar-refractivity contribution in [3.8, 4) is 17.2 Å². The highest BCUT2D eigenvalue weighted by molar-refractivity contribution is 9.10. The van der Waals surface area contributed by atoms with Crippen molar-refractivity contribution in [2.75, 3.05) is 19.1 Å². The summed E-state index contributed by atoms with van der Waals surface area (Å²) in [6.45, 7) is 0. The van der Waals surface area contributed by atoms with Crippen molar-refractivity contribution >= 4 is 50.6 Å². The van der Waals surface area contributed by atoms with Gasteiger partial charge in [0.25, 0.3) is 5.91 Å². The molecule has 3 rings (SSSR count). The molecule has 1 amide bonds. The van der Waals surface area contributed by atoms with E-state index in [1.807, 2.05) is 0 Å². The number of anilines is 1. The van der Waals surface area contributed by atoms with Gasteiger partial charge in [-0.15, -0.1) is 0 Å². The second kappa shape index (κ2) is 7.43. The zero-order valence-electron chi connectivity index (χ0n) is 14.0. The van der Waals surface area contributed by atoms with Crippen LogP contribution >= 0.6 is 28.1 Å².